The molecule has 1 unspecified atom stereocenters. The van der Waals surface area contributed by atoms with Gasteiger partial charge in [-0.15, -0.1) is 0 Å². The van der Waals surface area contributed by atoms with E-state index in [1.165, 1.54) is 0 Å². The third-order valence-electron chi connectivity index (χ3n) is 2.98. The van der Waals surface area contributed by atoms with Gasteiger partial charge in [-0.25, -0.2) is 0 Å². The third-order valence-corrected chi connectivity index (χ3v) is 2.98. The summed E-state index contributed by atoms with van der Waals surface area (Å²) in [6.45, 7) is 4.45. The highest BCUT2D eigenvalue weighted by Crippen LogP contribution is 2.23. The lowest BCUT2D eigenvalue weighted by Crippen LogP contribution is -2.50. The van der Waals surface area contributed by atoms with Gasteiger partial charge in [0.1, 0.15) is 5.54 Å². The zero-order valence-electron chi connectivity index (χ0n) is 10.9. The van der Waals surface area contributed by atoms with Crippen molar-refractivity contribution in [3.63, 3.8) is 0 Å². The number of primary amides is 1. The highest BCUT2D eigenvalue weighted by molar-refractivity contribution is 5.85. The maximum atomic E-state index is 11.6. The number of benzene rings is 1. The Morgan fingerprint density at radius 1 is 1.35 bits per heavy atom. The molecule has 0 aliphatic rings. The van der Waals surface area contributed by atoms with Gasteiger partial charge in [-0.1, -0.05) is 19.1 Å². The summed E-state index contributed by atoms with van der Waals surface area (Å²) in [5, 5.41) is 3.14. The molecule has 1 atom stereocenters. The lowest BCUT2D eigenvalue weighted by Gasteiger charge is -2.28. The summed E-state index contributed by atoms with van der Waals surface area (Å²) in [5.74, 6) is -0.364. The van der Waals surface area contributed by atoms with Crippen LogP contribution in [0.1, 0.15) is 19.4 Å². The smallest absolute Gasteiger partial charge is 0.242 e. The van der Waals surface area contributed by atoms with Crippen LogP contribution < -0.4 is 16.0 Å². The lowest BCUT2D eigenvalue weighted by atomic mass is 9.91. The van der Waals surface area contributed by atoms with Crippen LogP contribution in [0.5, 0.6) is 0 Å². The number of carbonyl (C=O) groups excluding carboxylic acids is 1. The fraction of sp³-hybridized carbons (Fsp3) is 0.462. The molecule has 3 N–H and O–H groups in total. The normalized spacial score (nSPS) is 14.1. The number of nitrogens with two attached hydrogens (primary N) is 1. The van der Waals surface area contributed by atoms with Gasteiger partial charge in [0, 0.05) is 19.8 Å². The minimum atomic E-state index is -0.806. The summed E-state index contributed by atoms with van der Waals surface area (Å²) in [6.07, 6.45) is 0. The van der Waals surface area contributed by atoms with Crippen LogP contribution in [0.15, 0.2) is 24.3 Å². The van der Waals surface area contributed by atoms with Crippen LogP contribution in [0.4, 0.5) is 5.69 Å². The average molecular weight is 235 g/mol. The number of anilines is 1. The zero-order valence-corrected chi connectivity index (χ0v) is 10.9. The molecule has 0 radical (unpaired) electrons. The standard InChI is InChI=1S/C13H21N3O/c1-5-15-13(2,12(14)17)10-6-8-11(9-7-10)16(3)4/h6-9,15H,5H2,1-4H3,(H2,14,17). The Hall–Kier alpha value is -1.55. The maximum Gasteiger partial charge on any atom is 0.242 e. The highest BCUT2D eigenvalue weighted by atomic mass is 16.1. The molecule has 0 bridgehead atoms. The molecule has 0 aliphatic carbocycles. The highest BCUT2D eigenvalue weighted by Gasteiger charge is 2.31. The molecule has 4 heteroatoms. The van der Waals surface area contributed by atoms with Crippen molar-refractivity contribution in [3.8, 4) is 0 Å². The molecular weight excluding hydrogens is 214 g/mol. The Morgan fingerprint density at radius 3 is 2.24 bits per heavy atom. The predicted octanol–water partition coefficient (Wildman–Crippen LogP) is 1.06. The Kier molecular flexibility index (Phi) is 4.12. The fourth-order valence-electron chi connectivity index (χ4n) is 1.78. The molecule has 0 aromatic heterocycles. The van der Waals surface area contributed by atoms with E-state index in [1.807, 2.05) is 57.1 Å². The van der Waals surface area contributed by atoms with Crippen LogP contribution >= 0.6 is 0 Å². The van der Waals surface area contributed by atoms with E-state index < -0.39 is 5.54 Å². The first-order chi connectivity index (χ1) is 7.91. The molecule has 0 heterocycles. The molecule has 0 aliphatic heterocycles. The van der Waals surface area contributed by atoms with E-state index in [-0.39, 0.29) is 5.91 Å². The Labute approximate surface area is 103 Å². The summed E-state index contributed by atoms with van der Waals surface area (Å²) >= 11 is 0. The van der Waals surface area contributed by atoms with Crippen molar-refractivity contribution in [1.82, 2.24) is 5.32 Å². The monoisotopic (exact) mass is 235 g/mol. The molecule has 0 fully saturated rings. The minimum absolute atomic E-state index is 0.364. The largest absolute Gasteiger partial charge is 0.378 e. The molecule has 17 heavy (non-hydrogen) atoms. The van der Waals surface area contributed by atoms with Gasteiger partial charge in [0.25, 0.3) is 0 Å². The SMILES string of the molecule is CCNC(C)(C(N)=O)c1ccc(N(C)C)cc1. The van der Waals surface area contributed by atoms with Crippen LogP contribution in [0.25, 0.3) is 0 Å². The first-order valence-corrected chi connectivity index (χ1v) is 5.74. The summed E-state index contributed by atoms with van der Waals surface area (Å²) in [5.41, 5.74) is 6.65. The number of likely N-dealkylation sites (N-methyl/N-ethyl adjacent to an activating group) is 1. The Morgan fingerprint density at radius 2 is 1.88 bits per heavy atom. The van der Waals surface area contributed by atoms with Crippen LogP contribution in [-0.2, 0) is 10.3 Å². The number of amides is 1. The Balaban J connectivity index is 3.08. The summed E-state index contributed by atoms with van der Waals surface area (Å²) in [4.78, 5) is 13.6. The van der Waals surface area contributed by atoms with E-state index in [0.29, 0.717) is 6.54 Å². The van der Waals surface area contributed by atoms with Gasteiger partial charge in [-0.05, 0) is 31.2 Å². The topological polar surface area (TPSA) is 58.4 Å². The van der Waals surface area contributed by atoms with E-state index in [1.54, 1.807) is 0 Å². The number of nitrogens with one attached hydrogen (secondary N) is 1. The quantitative estimate of drug-likeness (QED) is 0.802. The predicted molar refractivity (Wildman–Crippen MR) is 71.0 cm³/mol. The van der Waals surface area contributed by atoms with Crippen LogP contribution in [-0.4, -0.2) is 26.5 Å². The molecule has 94 valence electrons. The maximum absolute atomic E-state index is 11.6. The van der Waals surface area contributed by atoms with Crippen LogP contribution in [0, 0.1) is 0 Å². The van der Waals surface area contributed by atoms with Gasteiger partial charge >= 0.3 is 0 Å². The second kappa shape index (κ2) is 5.19. The molecule has 1 aromatic rings. The number of hydrogen-bond donors (Lipinski definition) is 2. The summed E-state index contributed by atoms with van der Waals surface area (Å²) in [6, 6.07) is 7.83. The van der Waals surface area contributed by atoms with E-state index in [4.69, 9.17) is 5.73 Å². The molecule has 0 saturated carbocycles. The number of nitrogens with zero attached hydrogens (tertiary/aromatic N) is 1. The molecule has 4 nitrogen and oxygen atoms in total. The van der Waals surface area contributed by atoms with E-state index in [2.05, 4.69) is 5.32 Å². The first-order valence-electron chi connectivity index (χ1n) is 5.74. The van der Waals surface area contributed by atoms with Crippen molar-refractivity contribution in [3.05, 3.63) is 29.8 Å². The van der Waals surface area contributed by atoms with Crippen LogP contribution in [0.3, 0.4) is 0 Å². The number of hydrogen-bond acceptors (Lipinski definition) is 3. The Bertz CT molecular complexity index is 386. The second-order valence-corrected chi connectivity index (χ2v) is 4.46. The van der Waals surface area contributed by atoms with Crippen molar-refractivity contribution < 1.29 is 4.79 Å². The molecule has 0 saturated heterocycles. The van der Waals surface area contributed by atoms with E-state index >= 15 is 0 Å². The van der Waals surface area contributed by atoms with Gasteiger partial charge in [0.05, 0.1) is 0 Å². The summed E-state index contributed by atoms with van der Waals surface area (Å²) in [7, 11) is 3.96. The average Bonchev–Trinajstić information content (AvgIpc) is 2.29. The molecule has 0 spiro atoms. The van der Waals surface area contributed by atoms with Crippen molar-refractivity contribution in [2.24, 2.45) is 5.73 Å². The fourth-order valence-corrected chi connectivity index (χ4v) is 1.78. The van der Waals surface area contributed by atoms with Gasteiger partial charge in [0.2, 0.25) is 5.91 Å². The van der Waals surface area contributed by atoms with Gasteiger partial charge in [-0.3, -0.25) is 4.79 Å². The van der Waals surface area contributed by atoms with Crippen LogP contribution in [0.2, 0.25) is 0 Å². The van der Waals surface area contributed by atoms with Crippen molar-refractivity contribution in [1.29, 1.82) is 0 Å². The van der Waals surface area contributed by atoms with Crippen molar-refractivity contribution >= 4 is 11.6 Å². The van der Waals surface area contributed by atoms with Gasteiger partial charge in [-0.2, -0.15) is 0 Å². The van der Waals surface area contributed by atoms with Gasteiger partial charge in [0.15, 0.2) is 0 Å². The molecular formula is C13H21N3O. The molecule has 1 amide bonds. The molecule has 1 aromatic carbocycles. The first kappa shape index (κ1) is 13.5. The number of rotatable bonds is 5. The third kappa shape index (κ3) is 2.77. The van der Waals surface area contributed by atoms with Gasteiger partial charge < -0.3 is 16.0 Å². The van der Waals surface area contributed by atoms with E-state index in [0.717, 1.165) is 11.3 Å². The summed E-state index contributed by atoms with van der Waals surface area (Å²) < 4.78 is 0. The lowest BCUT2D eigenvalue weighted by molar-refractivity contribution is -0.124. The van der Waals surface area contributed by atoms with E-state index in [9.17, 15) is 4.79 Å². The number of carbonyl (C=O) groups is 1. The second-order valence-electron chi connectivity index (χ2n) is 4.46. The molecule has 1 rings (SSSR count). The minimum Gasteiger partial charge on any atom is -0.378 e. The zero-order chi connectivity index (χ0) is 13.1. The van der Waals surface area contributed by atoms with Crippen molar-refractivity contribution in [2.75, 3.05) is 25.5 Å². The van der Waals surface area contributed by atoms with Crippen molar-refractivity contribution in [2.45, 2.75) is 19.4 Å².